The summed E-state index contributed by atoms with van der Waals surface area (Å²) in [6, 6.07) is 5.27. The number of rotatable bonds is 7. The molecule has 0 saturated carbocycles. The van der Waals surface area contributed by atoms with E-state index in [1.54, 1.807) is 24.4 Å². The van der Waals surface area contributed by atoms with Gasteiger partial charge in [-0.1, -0.05) is 22.0 Å². The maximum atomic E-state index is 11.5. The van der Waals surface area contributed by atoms with E-state index in [4.69, 9.17) is 4.74 Å². The summed E-state index contributed by atoms with van der Waals surface area (Å²) in [4.78, 5) is 15.5. The summed E-state index contributed by atoms with van der Waals surface area (Å²) in [6.07, 6.45) is 2.42. The fourth-order valence-electron chi connectivity index (χ4n) is 1.12. The molecular formula is C11H15BrN2O2. The van der Waals surface area contributed by atoms with E-state index in [-0.39, 0.29) is 5.91 Å². The van der Waals surface area contributed by atoms with Gasteiger partial charge in [-0.3, -0.25) is 9.78 Å². The van der Waals surface area contributed by atoms with Gasteiger partial charge in [0.05, 0.1) is 6.61 Å². The maximum absolute atomic E-state index is 11.5. The van der Waals surface area contributed by atoms with Gasteiger partial charge in [0.1, 0.15) is 5.69 Å². The molecular weight excluding hydrogens is 272 g/mol. The molecule has 0 radical (unpaired) electrons. The SMILES string of the molecule is O=C(NCCCOCCBr)c1ccccn1. The Hall–Kier alpha value is -0.940. The summed E-state index contributed by atoms with van der Waals surface area (Å²) in [7, 11) is 0. The average molecular weight is 287 g/mol. The van der Waals surface area contributed by atoms with Crippen LogP contribution in [0.1, 0.15) is 16.9 Å². The lowest BCUT2D eigenvalue weighted by Crippen LogP contribution is -2.26. The van der Waals surface area contributed by atoms with Crippen LogP contribution in [0, 0.1) is 0 Å². The van der Waals surface area contributed by atoms with Crippen molar-refractivity contribution in [3.63, 3.8) is 0 Å². The van der Waals surface area contributed by atoms with Crippen molar-refractivity contribution in [3.8, 4) is 0 Å². The number of hydrogen-bond donors (Lipinski definition) is 1. The van der Waals surface area contributed by atoms with Crippen molar-refractivity contribution in [2.24, 2.45) is 0 Å². The first-order chi connectivity index (χ1) is 7.84. The third-order valence-electron chi connectivity index (χ3n) is 1.87. The zero-order chi connectivity index (χ0) is 11.6. The van der Waals surface area contributed by atoms with Gasteiger partial charge in [-0.25, -0.2) is 0 Å². The van der Waals surface area contributed by atoms with Crippen LogP contribution in [0.15, 0.2) is 24.4 Å². The molecule has 0 fully saturated rings. The fraction of sp³-hybridized carbons (Fsp3) is 0.455. The molecule has 0 spiro atoms. The molecule has 0 bridgehead atoms. The van der Waals surface area contributed by atoms with Gasteiger partial charge in [0.2, 0.25) is 0 Å². The second kappa shape index (κ2) is 8.24. The molecule has 1 rings (SSSR count). The monoisotopic (exact) mass is 286 g/mol. The third kappa shape index (κ3) is 5.23. The predicted octanol–water partition coefficient (Wildman–Crippen LogP) is 1.61. The van der Waals surface area contributed by atoms with E-state index >= 15 is 0 Å². The summed E-state index contributed by atoms with van der Waals surface area (Å²) < 4.78 is 5.26. The number of carbonyl (C=O) groups is 1. The van der Waals surface area contributed by atoms with Gasteiger partial charge in [0.25, 0.3) is 5.91 Å². The van der Waals surface area contributed by atoms with Crippen LogP contribution in [0.4, 0.5) is 0 Å². The van der Waals surface area contributed by atoms with Crippen molar-refractivity contribution in [3.05, 3.63) is 30.1 Å². The minimum atomic E-state index is -0.138. The number of pyridine rings is 1. The van der Waals surface area contributed by atoms with Gasteiger partial charge in [-0.2, -0.15) is 0 Å². The highest BCUT2D eigenvalue weighted by molar-refractivity contribution is 9.09. The number of ether oxygens (including phenoxy) is 1. The smallest absolute Gasteiger partial charge is 0.269 e. The maximum Gasteiger partial charge on any atom is 0.269 e. The van der Waals surface area contributed by atoms with Crippen molar-refractivity contribution < 1.29 is 9.53 Å². The first kappa shape index (κ1) is 13.1. The molecule has 1 aromatic heterocycles. The largest absolute Gasteiger partial charge is 0.381 e. The minimum Gasteiger partial charge on any atom is -0.381 e. The number of amides is 1. The fourth-order valence-corrected chi connectivity index (χ4v) is 1.35. The lowest BCUT2D eigenvalue weighted by molar-refractivity contribution is 0.0940. The molecule has 1 aromatic rings. The van der Waals surface area contributed by atoms with Gasteiger partial charge in [-0.05, 0) is 18.6 Å². The first-order valence-electron chi connectivity index (χ1n) is 5.17. The molecule has 0 saturated heterocycles. The Morgan fingerprint density at radius 3 is 3.00 bits per heavy atom. The molecule has 0 unspecified atom stereocenters. The molecule has 0 aliphatic rings. The van der Waals surface area contributed by atoms with E-state index in [1.165, 1.54) is 0 Å². The van der Waals surface area contributed by atoms with E-state index in [2.05, 4.69) is 26.2 Å². The molecule has 1 N–H and O–H groups in total. The second-order valence-corrected chi connectivity index (χ2v) is 3.92. The van der Waals surface area contributed by atoms with Gasteiger partial charge in [0.15, 0.2) is 0 Å². The van der Waals surface area contributed by atoms with Gasteiger partial charge >= 0.3 is 0 Å². The quantitative estimate of drug-likeness (QED) is 0.612. The number of nitrogens with zero attached hydrogens (tertiary/aromatic N) is 1. The van der Waals surface area contributed by atoms with E-state index in [0.29, 0.717) is 25.5 Å². The first-order valence-corrected chi connectivity index (χ1v) is 6.29. The molecule has 0 aliphatic heterocycles. The van der Waals surface area contributed by atoms with Crippen LogP contribution >= 0.6 is 15.9 Å². The average Bonchev–Trinajstić information content (AvgIpc) is 2.34. The number of alkyl halides is 1. The van der Waals surface area contributed by atoms with Gasteiger partial charge in [0, 0.05) is 24.7 Å². The van der Waals surface area contributed by atoms with Crippen LogP contribution < -0.4 is 5.32 Å². The number of halogens is 1. The van der Waals surface area contributed by atoms with Crippen molar-refractivity contribution in [2.75, 3.05) is 25.1 Å². The molecule has 0 atom stereocenters. The highest BCUT2D eigenvalue weighted by atomic mass is 79.9. The molecule has 88 valence electrons. The minimum absolute atomic E-state index is 0.138. The summed E-state index contributed by atoms with van der Waals surface area (Å²) in [6.45, 7) is 1.97. The zero-order valence-electron chi connectivity index (χ0n) is 8.99. The summed E-state index contributed by atoms with van der Waals surface area (Å²) in [5.41, 5.74) is 0.448. The molecule has 16 heavy (non-hydrogen) atoms. The van der Waals surface area contributed by atoms with Crippen LogP contribution in [0.3, 0.4) is 0 Å². The molecule has 5 heteroatoms. The summed E-state index contributed by atoms with van der Waals surface area (Å²) >= 11 is 3.27. The molecule has 0 aliphatic carbocycles. The van der Waals surface area contributed by atoms with Crippen molar-refractivity contribution in [1.82, 2.24) is 10.3 Å². The lowest BCUT2D eigenvalue weighted by Gasteiger charge is -2.04. The lowest BCUT2D eigenvalue weighted by atomic mass is 10.3. The van der Waals surface area contributed by atoms with E-state index in [0.717, 1.165) is 11.8 Å². The molecule has 1 amide bonds. The zero-order valence-corrected chi connectivity index (χ0v) is 10.6. The molecule has 0 aromatic carbocycles. The summed E-state index contributed by atoms with van der Waals surface area (Å²) in [5, 5.41) is 3.62. The molecule has 1 heterocycles. The Morgan fingerprint density at radius 2 is 2.31 bits per heavy atom. The Bertz CT molecular complexity index is 306. The van der Waals surface area contributed by atoms with Crippen LogP contribution in [-0.2, 0) is 4.74 Å². The number of hydrogen-bond acceptors (Lipinski definition) is 3. The number of carbonyl (C=O) groups excluding carboxylic acids is 1. The molecule has 4 nitrogen and oxygen atoms in total. The number of aromatic nitrogens is 1. The topological polar surface area (TPSA) is 51.2 Å². The predicted molar refractivity (Wildman–Crippen MR) is 65.8 cm³/mol. The van der Waals surface area contributed by atoms with E-state index in [1.807, 2.05) is 0 Å². The Labute approximate surface area is 104 Å². The standard InChI is InChI=1S/C11H15BrN2O2/c12-5-9-16-8-3-7-14-11(15)10-4-1-2-6-13-10/h1-2,4,6H,3,5,7-9H2,(H,14,15). The highest BCUT2D eigenvalue weighted by Crippen LogP contribution is 1.92. The van der Waals surface area contributed by atoms with E-state index < -0.39 is 0 Å². The van der Waals surface area contributed by atoms with Crippen molar-refractivity contribution in [2.45, 2.75) is 6.42 Å². The van der Waals surface area contributed by atoms with Crippen LogP contribution in [0.5, 0.6) is 0 Å². The third-order valence-corrected chi connectivity index (χ3v) is 2.19. The highest BCUT2D eigenvalue weighted by Gasteiger charge is 2.03. The normalized spacial score (nSPS) is 10.1. The Kier molecular flexibility index (Phi) is 6.76. The van der Waals surface area contributed by atoms with Crippen LogP contribution in [-0.4, -0.2) is 36.0 Å². The van der Waals surface area contributed by atoms with Crippen LogP contribution in [0.2, 0.25) is 0 Å². The van der Waals surface area contributed by atoms with Gasteiger partial charge in [-0.15, -0.1) is 0 Å². The van der Waals surface area contributed by atoms with Crippen molar-refractivity contribution >= 4 is 21.8 Å². The second-order valence-electron chi connectivity index (χ2n) is 3.13. The Balaban J connectivity index is 2.12. The number of nitrogens with one attached hydrogen (secondary N) is 1. The van der Waals surface area contributed by atoms with Crippen LogP contribution in [0.25, 0.3) is 0 Å². The summed E-state index contributed by atoms with van der Waals surface area (Å²) in [5.74, 6) is -0.138. The van der Waals surface area contributed by atoms with E-state index in [9.17, 15) is 4.79 Å². The van der Waals surface area contributed by atoms with Gasteiger partial charge < -0.3 is 10.1 Å². The Morgan fingerprint density at radius 1 is 1.44 bits per heavy atom. The van der Waals surface area contributed by atoms with Crippen molar-refractivity contribution in [1.29, 1.82) is 0 Å².